The molecule has 2 aromatic rings. The highest BCUT2D eigenvalue weighted by molar-refractivity contribution is 4.88. The molecule has 0 bridgehead atoms. The number of rotatable bonds is 2. The first-order valence-corrected chi connectivity index (χ1v) is 7.02. The van der Waals surface area contributed by atoms with Crippen LogP contribution >= 0.6 is 0 Å². The van der Waals surface area contributed by atoms with Gasteiger partial charge in [0.2, 0.25) is 5.82 Å². The minimum absolute atomic E-state index is 0.507. The smallest absolute Gasteiger partial charge is 0.347 e. The van der Waals surface area contributed by atoms with Gasteiger partial charge in [-0.25, -0.2) is 9.59 Å². The van der Waals surface area contributed by atoms with Gasteiger partial charge in [0.1, 0.15) is 24.5 Å². The van der Waals surface area contributed by atoms with Gasteiger partial charge in [-0.15, -0.1) is 0 Å². The molecule has 0 spiro atoms. The van der Waals surface area contributed by atoms with Gasteiger partial charge in [0.15, 0.2) is 6.23 Å². The number of H-pyrrole nitrogens is 3. The second kappa shape index (κ2) is 7.96. The molecule has 0 amide bonds. The van der Waals surface area contributed by atoms with Crippen LogP contribution in [0.3, 0.4) is 0 Å². The Morgan fingerprint density at radius 1 is 1.19 bits per heavy atom. The highest BCUT2D eigenvalue weighted by Crippen LogP contribution is 2.27. The van der Waals surface area contributed by atoms with Crippen LogP contribution in [0.2, 0.25) is 0 Å². The van der Waals surface area contributed by atoms with Crippen LogP contribution < -0.4 is 22.5 Å². The summed E-state index contributed by atoms with van der Waals surface area (Å²) >= 11 is 0. The number of nitrogens with one attached hydrogen (secondary N) is 3. The van der Waals surface area contributed by atoms with Crippen LogP contribution in [0.5, 0.6) is 0 Å². The summed E-state index contributed by atoms with van der Waals surface area (Å²) in [5.74, 6) is -0.991. The molecule has 1 saturated heterocycles. The number of nitrogens with zero attached hydrogens (tertiary/aromatic N) is 2. The van der Waals surface area contributed by atoms with E-state index in [0.29, 0.717) is 10.9 Å². The topological polar surface area (TPSA) is 203 Å². The summed E-state index contributed by atoms with van der Waals surface area (Å²) in [4.78, 5) is 48.1. The standard InChI is InChI=1S/C8H11N3O6.C4H3FN2O2/c12-2-3-5(14)6(15)7(17-3)11-8(16)10-4(13)1-9-11;5-2-1-6-4(9)7-3(2)8/h1,3,5-7,12,14-15H,2H2,(H,10,13,16);1H,(H2,6,7,8,9)/t3-,5-,6-,7-;/m1./s1. The molecule has 13 nitrogen and oxygen atoms in total. The van der Waals surface area contributed by atoms with Crippen molar-refractivity contribution < 1.29 is 24.4 Å². The molecule has 14 heteroatoms. The largest absolute Gasteiger partial charge is 0.394 e. The van der Waals surface area contributed by atoms with Crippen LogP contribution in [0.25, 0.3) is 0 Å². The van der Waals surface area contributed by atoms with E-state index >= 15 is 0 Å². The minimum Gasteiger partial charge on any atom is -0.394 e. The third kappa shape index (κ3) is 4.17. The Labute approximate surface area is 141 Å². The molecular formula is C12H14FN5O8. The fraction of sp³-hybridized carbons (Fsp3) is 0.417. The molecule has 2 aromatic heterocycles. The number of aromatic nitrogens is 5. The predicted octanol–water partition coefficient (Wildman–Crippen LogP) is -4.25. The molecule has 1 fully saturated rings. The second-order valence-electron chi connectivity index (χ2n) is 5.03. The van der Waals surface area contributed by atoms with Crippen molar-refractivity contribution in [3.05, 3.63) is 59.9 Å². The Morgan fingerprint density at radius 2 is 1.88 bits per heavy atom. The van der Waals surface area contributed by atoms with Crippen LogP contribution in [-0.2, 0) is 4.74 Å². The lowest BCUT2D eigenvalue weighted by molar-refractivity contribution is -0.0618. The van der Waals surface area contributed by atoms with Crippen molar-refractivity contribution in [1.29, 1.82) is 0 Å². The van der Waals surface area contributed by atoms with E-state index in [-0.39, 0.29) is 0 Å². The van der Waals surface area contributed by atoms with E-state index in [1.807, 2.05) is 9.97 Å². The lowest BCUT2D eigenvalue weighted by atomic mass is 10.1. The van der Waals surface area contributed by atoms with E-state index < -0.39 is 59.5 Å². The number of halogens is 1. The molecule has 26 heavy (non-hydrogen) atoms. The van der Waals surface area contributed by atoms with Gasteiger partial charge >= 0.3 is 11.4 Å². The first kappa shape index (κ1) is 19.4. The molecule has 4 atom stereocenters. The predicted molar refractivity (Wildman–Crippen MR) is 79.8 cm³/mol. The third-order valence-electron chi connectivity index (χ3n) is 3.27. The van der Waals surface area contributed by atoms with E-state index in [0.717, 1.165) is 6.20 Å². The van der Waals surface area contributed by atoms with Crippen molar-refractivity contribution in [1.82, 2.24) is 24.7 Å². The fourth-order valence-electron chi connectivity index (χ4n) is 2.02. The average molecular weight is 375 g/mol. The fourth-order valence-corrected chi connectivity index (χ4v) is 2.02. The Kier molecular flexibility index (Phi) is 5.93. The number of ether oxygens (including phenoxy) is 1. The molecule has 142 valence electrons. The van der Waals surface area contributed by atoms with Crippen LogP contribution in [0, 0.1) is 5.82 Å². The number of hydrogen-bond acceptors (Lipinski definition) is 9. The van der Waals surface area contributed by atoms with E-state index in [2.05, 4.69) is 5.10 Å². The summed E-state index contributed by atoms with van der Waals surface area (Å²) in [6.07, 6.45) is -3.44. The molecule has 0 unspecified atom stereocenters. The monoisotopic (exact) mass is 375 g/mol. The summed E-state index contributed by atoms with van der Waals surface area (Å²) in [6.45, 7) is -0.507. The molecule has 3 heterocycles. The first-order valence-electron chi connectivity index (χ1n) is 7.02. The summed E-state index contributed by atoms with van der Waals surface area (Å²) in [5, 5.41) is 31.5. The second-order valence-corrected chi connectivity index (χ2v) is 5.03. The van der Waals surface area contributed by atoms with Gasteiger partial charge in [-0.1, -0.05) is 0 Å². The highest BCUT2D eigenvalue weighted by atomic mass is 19.1. The normalized spacial score (nSPS) is 24.8. The van der Waals surface area contributed by atoms with Crippen LogP contribution in [0.15, 0.2) is 31.6 Å². The quantitative estimate of drug-likeness (QED) is 0.300. The van der Waals surface area contributed by atoms with E-state index in [4.69, 9.17) is 9.84 Å². The minimum atomic E-state index is -1.41. The lowest BCUT2D eigenvalue weighted by Crippen LogP contribution is -2.39. The summed E-state index contributed by atoms with van der Waals surface area (Å²) in [6, 6.07) is 0. The molecule has 0 aromatic carbocycles. The molecule has 1 aliphatic rings. The van der Waals surface area contributed by atoms with Gasteiger partial charge < -0.3 is 25.0 Å². The van der Waals surface area contributed by atoms with Gasteiger partial charge in [-0.3, -0.25) is 19.6 Å². The van der Waals surface area contributed by atoms with E-state index in [9.17, 15) is 33.8 Å². The molecular weight excluding hydrogens is 361 g/mol. The molecule has 0 radical (unpaired) electrons. The Bertz CT molecular complexity index is 981. The maximum atomic E-state index is 12.0. The number of aliphatic hydroxyl groups is 3. The maximum absolute atomic E-state index is 12.0. The van der Waals surface area contributed by atoms with E-state index in [1.165, 1.54) is 0 Å². The zero-order valence-electron chi connectivity index (χ0n) is 12.8. The van der Waals surface area contributed by atoms with Gasteiger partial charge in [0.25, 0.3) is 11.1 Å². The highest BCUT2D eigenvalue weighted by Gasteiger charge is 2.44. The van der Waals surface area contributed by atoms with Crippen molar-refractivity contribution in [2.45, 2.75) is 24.5 Å². The molecule has 3 rings (SSSR count). The van der Waals surface area contributed by atoms with Crippen molar-refractivity contribution in [3.8, 4) is 0 Å². The first-order chi connectivity index (χ1) is 12.2. The van der Waals surface area contributed by atoms with Crippen molar-refractivity contribution in [2.24, 2.45) is 0 Å². The lowest BCUT2D eigenvalue weighted by Gasteiger charge is -2.14. The number of aromatic amines is 3. The average Bonchev–Trinajstić information content (AvgIpc) is 2.87. The van der Waals surface area contributed by atoms with Gasteiger partial charge in [0.05, 0.1) is 6.61 Å². The summed E-state index contributed by atoms with van der Waals surface area (Å²) in [5.41, 5.74) is -3.26. The summed E-state index contributed by atoms with van der Waals surface area (Å²) < 4.78 is 17.8. The molecule has 1 aliphatic heterocycles. The van der Waals surface area contributed by atoms with Crippen LogP contribution in [-0.4, -0.2) is 65.0 Å². The van der Waals surface area contributed by atoms with Crippen molar-refractivity contribution in [2.75, 3.05) is 6.61 Å². The van der Waals surface area contributed by atoms with Crippen LogP contribution in [0.4, 0.5) is 4.39 Å². The van der Waals surface area contributed by atoms with Gasteiger partial charge in [-0.2, -0.15) is 14.2 Å². The Balaban J connectivity index is 0.000000228. The maximum Gasteiger partial charge on any atom is 0.347 e. The van der Waals surface area contributed by atoms with Gasteiger partial charge in [0, 0.05) is 6.20 Å². The van der Waals surface area contributed by atoms with Crippen LogP contribution in [0.1, 0.15) is 6.23 Å². The molecule has 0 saturated carbocycles. The van der Waals surface area contributed by atoms with Crippen molar-refractivity contribution in [3.63, 3.8) is 0 Å². The SMILES string of the molecule is O=c1[nH]cc(F)c(=O)[nH]1.O=c1cnn([C@@H]2O[C@H](CO)[C@@H](O)[C@H]2O)c(=O)[nH]1. The van der Waals surface area contributed by atoms with Crippen molar-refractivity contribution >= 4 is 0 Å². The zero-order chi connectivity index (χ0) is 19.4. The Morgan fingerprint density at radius 3 is 2.38 bits per heavy atom. The third-order valence-corrected chi connectivity index (χ3v) is 3.27. The number of aliphatic hydroxyl groups excluding tert-OH is 3. The Hall–Kier alpha value is -2.94. The number of hydrogen-bond donors (Lipinski definition) is 6. The van der Waals surface area contributed by atoms with Gasteiger partial charge in [-0.05, 0) is 0 Å². The zero-order valence-corrected chi connectivity index (χ0v) is 12.8. The molecule has 6 N–H and O–H groups in total. The molecule has 0 aliphatic carbocycles. The van der Waals surface area contributed by atoms with E-state index in [1.54, 1.807) is 4.98 Å². The summed E-state index contributed by atoms with van der Waals surface area (Å²) in [7, 11) is 0.